The standard InChI is InChI=1S/C27H22FN3OS/c28-20-12-10-19(11-13-20)27-31-21(17-33-27)14-26(32)30-15-23(18-6-2-1-3-7-18)24-16-29-25-9-5-4-8-22(24)25/h1-13,16-17,23,29H,14-15H2,(H,30,32). The van der Waals surface area contributed by atoms with Gasteiger partial charge in [0.2, 0.25) is 5.91 Å². The van der Waals surface area contributed by atoms with Crippen LogP contribution in [0, 0.1) is 5.82 Å². The Morgan fingerprint density at radius 3 is 2.58 bits per heavy atom. The van der Waals surface area contributed by atoms with Gasteiger partial charge < -0.3 is 10.3 Å². The van der Waals surface area contributed by atoms with Gasteiger partial charge in [-0.25, -0.2) is 9.37 Å². The number of fused-ring (bicyclic) bond motifs is 1. The van der Waals surface area contributed by atoms with Crippen molar-refractivity contribution in [3.8, 4) is 10.6 Å². The molecular weight excluding hydrogens is 433 g/mol. The zero-order valence-electron chi connectivity index (χ0n) is 17.8. The average Bonchev–Trinajstić information content (AvgIpc) is 3.48. The number of para-hydroxylation sites is 1. The largest absolute Gasteiger partial charge is 0.361 e. The lowest BCUT2D eigenvalue weighted by atomic mass is 9.91. The van der Waals surface area contributed by atoms with Crippen molar-refractivity contribution in [3.63, 3.8) is 0 Å². The maximum atomic E-state index is 13.2. The third-order valence-corrected chi connectivity index (χ3v) is 6.63. The summed E-state index contributed by atoms with van der Waals surface area (Å²) < 4.78 is 13.2. The average molecular weight is 456 g/mol. The van der Waals surface area contributed by atoms with Gasteiger partial charge in [-0.2, -0.15) is 0 Å². The first-order valence-electron chi connectivity index (χ1n) is 10.8. The van der Waals surface area contributed by atoms with Crippen molar-refractivity contribution in [2.75, 3.05) is 6.54 Å². The molecule has 33 heavy (non-hydrogen) atoms. The number of amides is 1. The van der Waals surface area contributed by atoms with E-state index in [9.17, 15) is 9.18 Å². The highest BCUT2D eigenvalue weighted by molar-refractivity contribution is 7.13. The van der Waals surface area contributed by atoms with E-state index in [1.807, 2.05) is 41.9 Å². The number of halogens is 1. The normalized spacial score (nSPS) is 12.0. The highest BCUT2D eigenvalue weighted by atomic mass is 32.1. The number of hydrogen-bond donors (Lipinski definition) is 2. The second-order valence-corrected chi connectivity index (χ2v) is 8.74. The zero-order valence-corrected chi connectivity index (χ0v) is 18.6. The van der Waals surface area contributed by atoms with Gasteiger partial charge in [-0.05, 0) is 41.5 Å². The predicted molar refractivity (Wildman–Crippen MR) is 131 cm³/mol. The number of nitrogens with zero attached hydrogens (tertiary/aromatic N) is 1. The Bertz CT molecular complexity index is 1380. The lowest BCUT2D eigenvalue weighted by molar-refractivity contribution is -0.120. The molecule has 0 aliphatic carbocycles. The number of hydrogen-bond acceptors (Lipinski definition) is 3. The van der Waals surface area contributed by atoms with E-state index in [1.165, 1.54) is 23.5 Å². The smallest absolute Gasteiger partial charge is 0.226 e. The van der Waals surface area contributed by atoms with Gasteiger partial charge in [0.05, 0.1) is 12.1 Å². The Morgan fingerprint density at radius 2 is 1.76 bits per heavy atom. The molecule has 2 aromatic heterocycles. The first kappa shape index (κ1) is 21.1. The fourth-order valence-corrected chi connectivity index (χ4v) is 4.86. The van der Waals surface area contributed by atoms with Crippen molar-refractivity contribution in [3.05, 3.63) is 113 Å². The van der Waals surface area contributed by atoms with E-state index in [1.54, 1.807) is 12.1 Å². The van der Waals surface area contributed by atoms with Crippen LogP contribution in [0.25, 0.3) is 21.5 Å². The number of nitrogens with one attached hydrogen (secondary N) is 2. The first-order valence-corrected chi connectivity index (χ1v) is 11.6. The minimum Gasteiger partial charge on any atom is -0.361 e. The molecule has 0 spiro atoms. The van der Waals surface area contributed by atoms with Crippen LogP contribution in [0.1, 0.15) is 22.7 Å². The Labute approximate surface area is 195 Å². The molecule has 3 aromatic carbocycles. The van der Waals surface area contributed by atoms with Crippen LogP contribution in [-0.4, -0.2) is 22.4 Å². The van der Waals surface area contributed by atoms with Crippen LogP contribution >= 0.6 is 11.3 Å². The molecule has 2 N–H and O–H groups in total. The summed E-state index contributed by atoms with van der Waals surface area (Å²) in [5.41, 5.74) is 4.94. The maximum Gasteiger partial charge on any atom is 0.226 e. The Balaban J connectivity index is 1.31. The Kier molecular flexibility index (Phi) is 6.00. The Morgan fingerprint density at radius 1 is 1.00 bits per heavy atom. The quantitative estimate of drug-likeness (QED) is 0.320. The third kappa shape index (κ3) is 4.71. The molecule has 0 radical (unpaired) electrons. The van der Waals surface area contributed by atoms with Gasteiger partial charge >= 0.3 is 0 Å². The fraction of sp³-hybridized carbons (Fsp3) is 0.111. The lowest BCUT2D eigenvalue weighted by Crippen LogP contribution is -2.30. The molecule has 4 nitrogen and oxygen atoms in total. The lowest BCUT2D eigenvalue weighted by Gasteiger charge is -2.18. The molecule has 2 heterocycles. The van der Waals surface area contributed by atoms with Crippen molar-refractivity contribution in [1.29, 1.82) is 0 Å². The molecule has 1 amide bonds. The molecule has 6 heteroatoms. The molecule has 0 saturated carbocycles. The number of carbonyl (C=O) groups is 1. The SMILES string of the molecule is O=C(Cc1csc(-c2ccc(F)cc2)n1)NCC(c1ccccc1)c1c[nH]c2ccccc12. The molecule has 1 atom stereocenters. The van der Waals surface area contributed by atoms with Crippen LogP contribution in [0.15, 0.2) is 90.4 Å². The number of H-pyrrole nitrogens is 1. The summed E-state index contributed by atoms with van der Waals surface area (Å²) in [5.74, 6) is -0.332. The van der Waals surface area contributed by atoms with Crippen molar-refractivity contribution in [2.24, 2.45) is 0 Å². The van der Waals surface area contributed by atoms with Crippen LogP contribution in [0.4, 0.5) is 4.39 Å². The number of rotatable bonds is 7. The van der Waals surface area contributed by atoms with Crippen molar-refractivity contribution < 1.29 is 9.18 Å². The monoisotopic (exact) mass is 455 g/mol. The highest BCUT2D eigenvalue weighted by Gasteiger charge is 2.19. The van der Waals surface area contributed by atoms with Crippen LogP contribution in [0.5, 0.6) is 0 Å². The van der Waals surface area contributed by atoms with Gasteiger partial charge in [0.1, 0.15) is 10.8 Å². The second-order valence-electron chi connectivity index (χ2n) is 7.88. The van der Waals surface area contributed by atoms with Gasteiger partial charge in [0.25, 0.3) is 0 Å². The van der Waals surface area contributed by atoms with Gasteiger partial charge in [0, 0.05) is 40.5 Å². The molecule has 0 saturated heterocycles. The van der Waals surface area contributed by atoms with Gasteiger partial charge in [0.15, 0.2) is 0 Å². The molecule has 0 bridgehead atoms. The summed E-state index contributed by atoms with van der Waals surface area (Å²) in [4.78, 5) is 20.7. The summed E-state index contributed by atoms with van der Waals surface area (Å²) >= 11 is 1.45. The molecule has 1 unspecified atom stereocenters. The summed E-state index contributed by atoms with van der Waals surface area (Å²) in [6, 6.07) is 24.6. The highest BCUT2D eigenvalue weighted by Crippen LogP contribution is 2.30. The number of thiazole rings is 1. The van der Waals surface area contributed by atoms with Gasteiger partial charge in [-0.3, -0.25) is 4.79 Å². The third-order valence-electron chi connectivity index (χ3n) is 5.69. The van der Waals surface area contributed by atoms with E-state index >= 15 is 0 Å². The van der Waals surface area contributed by atoms with Crippen molar-refractivity contribution in [2.45, 2.75) is 12.3 Å². The van der Waals surface area contributed by atoms with Crippen LogP contribution in [-0.2, 0) is 11.2 Å². The van der Waals surface area contributed by atoms with Crippen LogP contribution in [0.3, 0.4) is 0 Å². The van der Waals surface area contributed by atoms with Gasteiger partial charge in [-0.15, -0.1) is 11.3 Å². The Hall–Kier alpha value is -3.77. The molecule has 0 fully saturated rings. The van der Waals surface area contributed by atoms with E-state index in [4.69, 9.17) is 0 Å². The van der Waals surface area contributed by atoms with Crippen LogP contribution < -0.4 is 5.32 Å². The molecule has 164 valence electrons. The second kappa shape index (κ2) is 9.38. The molecule has 5 aromatic rings. The maximum absolute atomic E-state index is 13.2. The van der Waals surface area contributed by atoms with Crippen LogP contribution in [0.2, 0.25) is 0 Å². The van der Waals surface area contributed by atoms with E-state index in [0.717, 1.165) is 32.6 Å². The molecule has 0 aliphatic heterocycles. The fourth-order valence-electron chi connectivity index (χ4n) is 4.03. The number of aromatic amines is 1. The minimum absolute atomic E-state index is 0.0245. The van der Waals surface area contributed by atoms with Crippen molar-refractivity contribution in [1.82, 2.24) is 15.3 Å². The number of benzene rings is 3. The summed E-state index contributed by atoms with van der Waals surface area (Å²) in [5, 5.41) is 6.92. The summed E-state index contributed by atoms with van der Waals surface area (Å²) in [6.07, 6.45) is 2.23. The number of aromatic nitrogens is 2. The van der Waals surface area contributed by atoms with Crippen molar-refractivity contribution >= 4 is 28.1 Å². The summed E-state index contributed by atoms with van der Waals surface area (Å²) in [7, 11) is 0. The van der Waals surface area contributed by atoms with E-state index in [0.29, 0.717) is 12.2 Å². The van der Waals surface area contributed by atoms with E-state index in [2.05, 4.69) is 39.6 Å². The number of carbonyl (C=O) groups excluding carboxylic acids is 1. The molecule has 5 rings (SSSR count). The molecule has 0 aliphatic rings. The predicted octanol–water partition coefficient (Wildman–Crippen LogP) is 5.92. The zero-order chi connectivity index (χ0) is 22.6. The topological polar surface area (TPSA) is 57.8 Å². The van der Waals surface area contributed by atoms with E-state index in [-0.39, 0.29) is 24.1 Å². The minimum atomic E-state index is -0.280. The van der Waals surface area contributed by atoms with Gasteiger partial charge in [-0.1, -0.05) is 48.5 Å². The first-order chi connectivity index (χ1) is 16.2. The summed E-state index contributed by atoms with van der Waals surface area (Å²) in [6.45, 7) is 0.486. The molecular formula is C27H22FN3OS. The van der Waals surface area contributed by atoms with E-state index < -0.39 is 0 Å².